The van der Waals surface area contributed by atoms with Crippen molar-refractivity contribution in [2.24, 2.45) is 0 Å². The number of aryl methyl sites for hydroxylation is 1. The number of rotatable bonds is 11. The predicted octanol–water partition coefficient (Wildman–Crippen LogP) is 4.86. The Kier molecular flexibility index (Phi) is 9.38. The first-order valence-electron chi connectivity index (χ1n) is 16.8. The van der Waals surface area contributed by atoms with Crippen LogP contribution < -0.4 is 20.2 Å². The summed E-state index contributed by atoms with van der Waals surface area (Å²) in [5.74, 6) is -1.75. The van der Waals surface area contributed by atoms with Crippen LogP contribution in [0.3, 0.4) is 0 Å². The van der Waals surface area contributed by atoms with Crippen LogP contribution in [-0.4, -0.2) is 74.6 Å². The van der Waals surface area contributed by atoms with E-state index in [4.69, 9.17) is 14.2 Å². The molecule has 50 heavy (non-hydrogen) atoms. The summed E-state index contributed by atoms with van der Waals surface area (Å²) >= 11 is 0. The smallest absolute Gasteiger partial charge is 0.350 e. The van der Waals surface area contributed by atoms with Gasteiger partial charge < -0.3 is 24.0 Å². The molecule has 262 valence electrons. The summed E-state index contributed by atoms with van der Waals surface area (Å²) in [6.45, 7) is 9.54. The Balaban J connectivity index is 0.929. The van der Waals surface area contributed by atoms with Gasteiger partial charge in [-0.15, -0.1) is 0 Å². The van der Waals surface area contributed by atoms with Crippen molar-refractivity contribution in [2.45, 2.75) is 51.7 Å². The molecule has 0 spiro atoms. The summed E-state index contributed by atoms with van der Waals surface area (Å²) in [7, 11) is 0. The minimum absolute atomic E-state index is 0.0342. The van der Waals surface area contributed by atoms with E-state index in [1.807, 2.05) is 50.2 Å². The van der Waals surface area contributed by atoms with Gasteiger partial charge in [-0.1, -0.05) is 6.92 Å². The fourth-order valence-electron chi connectivity index (χ4n) is 6.39. The number of aromatic nitrogens is 6. The van der Waals surface area contributed by atoms with Crippen molar-refractivity contribution in [3.63, 3.8) is 0 Å². The molecule has 14 heteroatoms. The first-order valence-corrected chi connectivity index (χ1v) is 16.8. The van der Waals surface area contributed by atoms with Crippen LogP contribution in [0.4, 0.5) is 20.2 Å². The zero-order valence-corrected chi connectivity index (χ0v) is 28.3. The van der Waals surface area contributed by atoms with Crippen LogP contribution in [0.2, 0.25) is 0 Å². The highest BCUT2D eigenvalue weighted by atomic mass is 19.1. The van der Waals surface area contributed by atoms with Gasteiger partial charge in [-0.05, 0) is 80.9 Å². The minimum atomic E-state index is -1.52. The normalized spacial score (nSPS) is 20.0. The molecule has 2 aromatic heterocycles. The number of piperazine rings is 1. The predicted molar refractivity (Wildman–Crippen MR) is 183 cm³/mol. The van der Waals surface area contributed by atoms with Crippen molar-refractivity contribution in [3.8, 4) is 11.4 Å². The lowest BCUT2D eigenvalue weighted by Crippen LogP contribution is -2.46. The van der Waals surface area contributed by atoms with Gasteiger partial charge in [-0.3, -0.25) is 0 Å². The van der Waals surface area contributed by atoms with E-state index >= 15 is 0 Å². The second kappa shape index (κ2) is 14.0. The molecule has 0 N–H and O–H groups in total. The van der Waals surface area contributed by atoms with Crippen molar-refractivity contribution in [3.05, 3.63) is 113 Å². The number of nitrogens with zero attached hydrogens (tertiary/aromatic N) is 8. The molecule has 5 aromatic rings. The van der Waals surface area contributed by atoms with Crippen LogP contribution in [0.15, 0.2) is 84.2 Å². The van der Waals surface area contributed by atoms with E-state index in [0.29, 0.717) is 11.6 Å². The Hall–Kier alpha value is -5.08. The number of benzene rings is 3. The molecule has 7 rings (SSSR count). The number of anilines is 2. The Labute approximate surface area is 288 Å². The van der Waals surface area contributed by atoms with Crippen molar-refractivity contribution in [1.29, 1.82) is 0 Å². The van der Waals surface area contributed by atoms with Crippen molar-refractivity contribution in [2.75, 3.05) is 49.2 Å². The molecule has 2 fully saturated rings. The zero-order valence-electron chi connectivity index (χ0n) is 28.3. The zero-order chi connectivity index (χ0) is 34.8. The largest absolute Gasteiger partial charge is 0.491 e. The maximum atomic E-state index is 15.0. The molecule has 0 saturated carbocycles. The third-order valence-electron chi connectivity index (χ3n) is 9.33. The van der Waals surface area contributed by atoms with Gasteiger partial charge in [-0.2, -0.15) is 10.2 Å². The quantitative estimate of drug-likeness (QED) is 0.193. The van der Waals surface area contributed by atoms with Gasteiger partial charge in [0.15, 0.2) is 0 Å². The molecule has 0 radical (unpaired) electrons. The molecule has 3 atom stereocenters. The van der Waals surface area contributed by atoms with E-state index in [2.05, 4.69) is 37.1 Å². The van der Waals surface area contributed by atoms with Crippen LogP contribution in [0.25, 0.3) is 5.69 Å². The molecule has 0 bridgehead atoms. The summed E-state index contributed by atoms with van der Waals surface area (Å²) in [6, 6.07) is 19.3. The molecule has 4 heterocycles. The van der Waals surface area contributed by atoms with Crippen LogP contribution in [0.1, 0.15) is 37.7 Å². The molecule has 12 nitrogen and oxygen atoms in total. The van der Waals surface area contributed by atoms with Gasteiger partial charge in [-0.25, -0.2) is 32.5 Å². The van der Waals surface area contributed by atoms with Crippen molar-refractivity contribution < 1.29 is 23.0 Å². The molecule has 2 saturated heterocycles. The summed E-state index contributed by atoms with van der Waals surface area (Å²) in [5.41, 5.74) is 2.95. The van der Waals surface area contributed by atoms with Gasteiger partial charge in [0.05, 0.1) is 18.3 Å². The average molecular weight is 687 g/mol. The van der Waals surface area contributed by atoms with E-state index in [0.717, 1.165) is 55.7 Å². The van der Waals surface area contributed by atoms with E-state index in [-0.39, 0.29) is 37.1 Å². The van der Waals surface area contributed by atoms with E-state index in [1.54, 1.807) is 17.8 Å². The lowest BCUT2D eigenvalue weighted by molar-refractivity contribution is -0.192. The lowest BCUT2D eigenvalue weighted by Gasteiger charge is -2.37. The van der Waals surface area contributed by atoms with E-state index < -0.39 is 23.5 Å². The first kappa shape index (κ1) is 33.4. The maximum absolute atomic E-state index is 15.0. The summed E-state index contributed by atoms with van der Waals surface area (Å²) in [6.07, 6.45) is 3.43. The van der Waals surface area contributed by atoms with E-state index in [9.17, 15) is 13.6 Å². The second-order valence-corrected chi connectivity index (χ2v) is 12.7. The Morgan fingerprint density at radius 1 is 0.940 bits per heavy atom. The van der Waals surface area contributed by atoms with Gasteiger partial charge >= 0.3 is 5.69 Å². The fraction of sp³-hybridized carbons (Fsp3) is 0.389. The number of halogens is 2. The molecule has 2 aliphatic rings. The standard InChI is InChI=1S/C36H40F2N8O4/c1-4-25(2)46-35(47)45(24-40-46)30-8-6-28(7-9-30)42-15-17-43(18-16-42)29-10-12-31(13-11-29)48-20-32-21-49-36(50-32,22-44-23-39-26(3)41-44)33-14-5-27(37)19-34(33)38/h5-14,19,23-25,32H,4,15-18,20-22H2,1-3H3. The SMILES string of the molecule is CCC(C)n1ncn(-c2ccc(N3CCN(c4ccc(OCC5COC(Cn6cnc(C)n6)(c6ccc(F)cc6F)O5)cc4)CC3)cc2)c1=O. The molecular formula is C36H40F2N8O4. The molecular weight excluding hydrogens is 646 g/mol. The van der Waals surface area contributed by atoms with Gasteiger partial charge in [0.25, 0.3) is 0 Å². The summed E-state index contributed by atoms with van der Waals surface area (Å²) in [5, 5.41) is 8.59. The summed E-state index contributed by atoms with van der Waals surface area (Å²) in [4.78, 5) is 21.6. The lowest BCUT2D eigenvalue weighted by atomic mass is 10.0. The first-order chi connectivity index (χ1) is 24.2. The number of ether oxygens (including phenoxy) is 3. The van der Waals surface area contributed by atoms with Crippen LogP contribution in [0, 0.1) is 18.6 Å². The topological polar surface area (TPSA) is 105 Å². The highest BCUT2D eigenvalue weighted by Crippen LogP contribution is 2.38. The minimum Gasteiger partial charge on any atom is -0.491 e. The van der Waals surface area contributed by atoms with Crippen LogP contribution in [0.5, 0.6) is 5.75 Å². The molecule has 0 aliphatic carbocycles. The fourth-order valence-corrected chi connectivity index (χ4v) is 6.39. The van der Waals surface area contributed by atoms with Gasteiger partial charge in [0.2, 0.25) is 5.79 Å². The third-order valence-corrected chi connectivity index (χ3v) is 9.33. The van der Waals surface area contributed by atoms with E-state index in [1.165, 1.54) is 27.8 Å². The second-order valence-electron chi connectivity index (χ2n) is 12.7. The van der Waals surface area contributed by atoms with Crippen LogP contribution >= 0.6 is 0 Å². The third kappa shape index (κ3) is 6.85. The van der Waals surface area contributed by atoms with Gasteiger partial charge in [0.1, 0.15) is 55.1 Å². The number of hydrogen-bond acceptors (Lipinski definition) is 9. The molecule has 3 unspecified atom stereocenters. The van der Waals surface area contributed by atoms with Crippen LogP contribution in [-0.2, 0) is 21.8 Å². The van der Waals surface area contributed by atoms with Crippen molar-refractivity contribution in [1.82, 2.24) is 29.1 Å². The molecule has 3 aromatic carbocycles. The maximum Gasteiger partial charge on any atom is 0.350 e. The highest BCUT2D eigenvalue weighted by Gasteiger charge is 2.46. The monoisotopic (exact) mass is 686 g/mol. The Bertz CT molecular complexity index is 1970. The molecule has 2 aliphatic heterocycles. The highest BCUT2D eigenvalue weighted by molar-refractivity contribution is 5.54. The van der Waals surface area contributed by atoms with Crippen molar-refractivity contribution >= 4 is 11.4 Å². The Morgan fingerprint density at radius 2 is 1.60 bits per heavy atom. The number of hydrogen-bond donors (Lipinski definition) is 0. The van der Waals surface area contributed by atoms with Gasteiger partial charge in [0, 0.05) is 49.2 Å². The Morgan fingerprint density at radius 3 is 2.22 bits per heavy atom. The average Bonchev–Trinajstić information content (AvgIpc) is 3.85. The molecule has 0 amide bonds. The summed E-state index contributed by atoms with van der Waals surface area (Å²) < 4.78 is 51.7.